The van der Waals surface area contributed by atoms with Crippen LogP contribution < -0.4 is 10.6 Å². The van der Waals surface area contributed by atoms with E-state index in [1.54, 1.807) is 24.3 Å². The van der Waals surface area contributed by atoms with Crippen LogP contribution >= 0.6 is 0 Å². The first kappa shape index (κ1) is 16.2. The van der Waals surface area contributed by atoms with Gasteiger partial charge >= 0.3 is 5.97 Å². The summed E-state index contributed by atoms with van der Waals surface area (Å²) in [6.45, 7) is 2.58. The molecule has 3 rings (SSSR count). The molecule has 0 fully saturated rings. The predicted octanol–water partition coefficient (Wildman–Crippen LogP) is 2.28. The zero-order valence-corrected chi connectivity index (χ0v) is 13.5. The molecule has 0 saturated carbocycles. The Morgan fingerprint density at radius 3 is 2.46 bits per heavy atom. The van der Waals surface area contributed by atoms with Crippen LogP contribution in [0.25, 0.3) is 0 Å². The molecule has 0 aliphatic carbocycles. The van der Waals surface area contributed by atoms with Crippen LogP contribution in [0.4, 0.5) is 0 Å². The number of carbonyl (C=O) groups excluding carboxylic acids is 1. The molecule has 5 heteroatoms. The van der Waals surface area contributed by atoms with E-state index in [9.17, 15) is 9.59 Å². The summed E-state index contributed by atoms with van der Waals surface area (Å²) in [4.78, 5) is 23.4. The maximum atomic E-state index is 12.5. The maximum absolute atomic E-state index is 12.5. The van der Waals surface area contributed by atoms with Gasteiger partial charge in [-0.1, -0.05) is 36.4 Å². The van der Waals surface area contributed by atoms with Gasteiger partial charge in [0, 0.05) is 6.54 Å². The second-order valence-electron chi connectivity index (χ2n) is 6.06. The van der Waals surface area contributed by atoms with Crippen LogP contribution in [0.5, 0.6) is 0 Å². The Kier molecular flexibility index (Phi) is 4.62. The van der Waals surface area contributed by atoms with Gasteiger partial charge in [-0.2, -0.15) is 0 Å². The number of amides is 1. The number of hydrogen-bond acceptors (Lipinski definition) is 3. The van der Waals surface area contributed by atoms with Crippen molar-refractivity contribution in [1.29, 1.82) is 0 Å². The van der Waals surface area contributed by atoms with Gasteiger partial charge in [-0.05, 0) is 42.2 Å². The molecule has 2 aromatic carbocycles. The third-order valence-electron chi connectivity index (χ3n) is 4.41. The normalized spacial score (nSPS) is 17.6. The Balaban J connectivity index is 1.63. The van der Waals surface area contributed by atoms with E-state index in [0.29, 0.717) is 13.0 Å². The predicted molar refractivity (Wildman–Crippen MR) is 90.7 cm³/mol. The van der Waals surface area contributed by atoms with E-state index in [0.717, 1.165) is 5.56 Å². The van der Waals surface area contributed by atoms with Crippen LogP contribution in [0, 0.1) is 0 Å². The number of aromatic carboxylic acids is 1. The van der Waals surface area contributed by atoms with E-state index in [4.69, 9.17) is 5.11 Å². The van der Waals surface area contributed by atoms with Gasteiger partial charge in [0.1, 0.15) is 0 Å². The molecule has 0 saturated heterocycles. The molecular weight excluding hydrogens is 304 g/mol. The summed E-state index contributed by atoms with van der Waals surface area (Å²) in [6, 6.07) is 14.3. The van der Waals surface area contributed by atoms with Crippen LogP contribution in [-0.2, 0) is 17.8 Å². The number of carboxylic acid groups (broad SMARTS) is 1. The highest BCUT2D eigenvalue weighted by molar-refractivity contribution is 5.87. The number of nitrogens with one attached hydrogen (secondary N) is 2. The Hall–Kier alpha value is -2.66. The van der Waals surface area contributed by atoms with Gasteiger partial charge in [-0.15, -0.1) is 0 Å². The number of fused-ring (bicyclic) bond motifs is 1. The van der Waals surface area contributed by atoms with Crippen molar-refractivity contribution in [2.75, 3.05) is 0 Å². The van der Waals surface area contributed by atoms with Crippen LogP contribution in [-0.4, -0.2) is 23.0 Å². The topological polar surface area (TPSA) is 78.4 Å². The van der Waals surface area contributed by atoms with Gasteiger partial charge in [0.25, 0.3) is 0 Å². The minimum absolute atomic E-state index is 0.0423. The van der Waals surface area contributed by atoms with Crippen molar-refractivity contribution in [3.05, 3.63) is 70.8 Å². The van der Waals surface area contributed by atoms with Crippen molar-refractivity contribution in [2.45, 2.75) is 32.0 Å². The molecule has 5 nitrogen and oxygen atoms in total. The molecule has 2 aromatic rings. The first-order valence-corrected chi connectivity index (χ1v) is 7.98. The van der Waals surface area contributed by atoms with E-state index in [1.807, 2.05) is 19.1 Å². The van der Waals surface area contributed by atoms with Crippen LogP contribution in [0.3, 0.4) is 0 Å². The van der Waals surface area contributed by atoms with Crippen LogP contribution in [0.2, 0.25) is 0 Å². The average molecular weight is 324 g/mol. The lowest BCUT2D eigenvalue weighted by molar-refractivity contribution is -0.124. The van der Waals surface area contributed by atoms with Crippen molar-refractivity contribution < 1.29 is 14.7 Å². The molecule has 1 aliphatic rings. The number of hydrogen-bond donors (Lipinski definition) is 3. The monoisotopic (exact) mass is 324 g/mol. The summed E-state index contributed by atoms with van der Waals surface area (Å²) in [5.41, 5.74) is 3.56. The Morgan fingerprint density at radius 2 is 1.79 bits per heavy atom. The molecular formula is C19H20N2O3. The van der Waals surface area contributed by atoms with Crippen molar-refractivity contribution in [3.63, 3.8) is 0 Å². The lowest BCUT2D eigenvalue weighted by atomic mass is 9.95. The van der Waals surface area contributed by atoms with E-state index < -0.39 is 5.97 Å². The largest absolute Gasteiger partial charge is 0.478 e. The first-order chi connectivity index (χ1) is 11.5. The number of rotatable bonds is 4. The third kappa shape index (κ3) is 3.46. The van der Waals surface area contributed by atoms with Crippen molar-refractivity contribution >= 4 is 11.9 Å². The Bertz CT molecular complexity index is 755. The third-order valence-corrected chi connectivity index (χ3v) is 4.41. The second kappa shape index (κ2) is 6.84. The minimum Gasteiger partial charge on any atom is -0.478 e. The van der Waals surface area contributed by atoms with Gasteiger partial charge in [-0.25, -0.2) is 4.79 Å². The SMILES string of the molecule is CC(NC(=O)[C@H]1Cc2ccccc2CN1)c1ccc(C(=O)O)cc1. The molecule has 1 unspecified atom stereocenters. The molecule has 24 heavy (non-hydrogen) atoms. The zero-order valence-electron chi connectivity index (χ0n) is 13.5. The van der Waals surface area contributed by atoms with E-state index >= 15 is 0 Å². The van der Waals surface area contributed by atoms with Crippen LogP contribution in [0.1, 0.15) is 40.0 Å². The molecule has 0 radical (unpaired) electrons. The highest BCUT2D eigenvalue weighted by Gasteiger charge is 2.25. The summed E-state index contributed by atoms with van der Waals surface area (Å²) >= 11 is 0. The summed E-state index contributed by atoms with van der Waals surface area (Å²) in [5, 5.41) is 15.2. The molecule has 3 N–H and O–H groups in total. The molecule has 124 valence electrons. The van der Waals surface area contributed by atoms with E-state index in [-0.39, 0.29) is 23.6 Å². The molecule has 2 atom stereocenters. The second-order valence-corrected chi connectivity index (χ2v) is 6.06. The highest BCUT2D eigenvalue weighted by Crippen LogP contribution is 2.18. The quantitative estimate of drug-likeness (QED) is 0.806. The van der Waals surface area contributed by atoms with Crippen molar-refractivity contribution in [2.24, 2.45) is 0 Å². The number of benzene rings is 2. The molecule has 1 heterocycles. The van der Waals surface area contributed by atoms with Crippen LogP contribution in [0.15, 0.2) is 48.5 Å². The van der Waals surface area contributed by atoms with Gasteiger partial charge in [0.05, 0.1) is 17.6 Å². The lowest BCUT2D eigenvalue weighted by Gasteiger charge is -2.26. The summed E-state index contributed by atoms with van der Waals surface area (Å²) in [7, 11) is 0. The van der Waals surface area contributed by atoms with Gasteiger partial charge in [0.15, 0.2) is 0 Å². The fourth-order valence-corrected chi connectivity index (χ4v) is 2.95. The average Bonchev–Trinajstić information content (AvgIpc) is 2.61. The summed E-state index contributed by atoms with van der Waals surface area (Å²) in [5.74, 6) is -0.998. The van der Waals surface area contributed by atoms with Gasteiger partial charge in [-0.3, -0.25) is 4.79 Å². The molecule has 1 aliphatic heterocycles. The molecule has 0 spiro atoms. The zero-order chi connectivity index (χ0) is 17.1. The van der Waals surface area contributed by atoms with E-state index in [1.165, 1.54) is 11.1 Å². The minimum atomic E-state index is -0.955. The number of carboxylic acids is 1. The molecule has 0 bridgehead atoms. The first-order valence-electron chi connectivity index (χ1n) is 7.98. The fourth-order valence-electron chi connectivity index (χ4n) is 2.95. The number of carbonyl (C=O) groups is 2. The lowest BCUT2D eigenvalue weighted by Crippen LogP contribution is -2.48. The Labute approximate surface area is 140 Å². The van der Waals surface area contributed by atoms with Crippen molar-refractivity contribution in [1.82, 2.24) is 10.6 Å². The van der Waals surface area contributed by atoms with E-state index in [2.05, 4.69) is 22.8 Å². The fraction of sp³-hybridized carbons (Fsp3) is 0.263. The Morgan fingerprint density at radius 1 is 1.12 bits per heavy atom. The molecule has 0 aromatic heterocycles. The maximum Gasteiger partial charge on any atom is 0.335 e. The standard InChI is InChI=1S/C19H20N2O3/c1-12(13-6-8-14(9-7-13)19(23)24)21-18(22)17-10-15-4-2-3-5-16(15)11-20-17/h2-9,12,17,20H,10-11H2,1H3,(H,21,22)(H,23,24)/t12?,17-/m1/s1. The van der Waals surface area contributed by atoms with Crippen molar-refractivity contribution in [3.8, 4) is 0 Å². The van der Waals surface area contributed by atoms with Gasteiger partial charge < -0.3 is 15.7 Å². The van der Waals surface area contributed by atoms with Gasteiger partial charge in [0.2, 0.25) is 5.91 Å². The summed E-state index contributed by atoms with van der Waals surface area (Å²) in [6.07, 6.45) is 0.673. The molecule has 1 amide bonds. The summed E-state index contributed by atoms with van der Waals surface area (Å²) < 4.78 is 0. The highest BCUT2D eigenvalue weighted by atomic mass is 16.4. The smallest absolute Gasteiger partial charge is 0.335 e.